The van der Waals surface area contributed by atoms with Gasteiger partial charge in [-0.3, -0.25) is 9.59 Å². The Morgan fingerprint density at radius 2 is 1.74 bits per heavy atom. The molecule has 0 radical (unpaired) electrons. The Hall–Kier alpha value is -3.35. The van der Waals surface area contributed by atoms with E-state index < -0.39 is 5.97 Å². The molecule has 0 unspecified atom stereocenters. The summed E-state index contributed by atoms with van der Waals surface area (Å²) in [6.45, 7) is 5.94. The maximum Gasteiger partial charge on any atom is 0.358 e. The van der Waals surface area contributed by atoms with Gasteiger partial charge in [-0.2, -0.15) is 0 Å². The first-order chi connectivity index (χ1) is 14.9. The third kappa shape index (κ3) is 4.26. The first kappa shape index (κ1) is 22.3. The number of rotatable bonds is 9. The molecule has 0 amide bonds. The lowest BCUT2D eigenvalue weighted by atomic mass is 10.1. The van der Waals surface area contributed by atoms with Crippen LogP contribution in [0.25, 0.3) is 10.9 Å². The highest BCUT2D eigenvalue weighted by Gasteiger charge is 2.27. The number of hydrogen-bond acceptors (Lipinski definition) is 5. The summed E-state index contributed by atoms with van der Waals surface area (Å²) in [6, 6.07) is 10.8. The molecule has 2 heterocycles. The first-order valence-corrected chi connectivity index (χ1v) is 10.6. The van der Waals surface area contributed by atoms with Crippen molar-refractivity contribution in [3.05, 3.63) is 63.7 Å². The summed E-state index contributed by atoms with van der Waals surface area (Å²) >= 11 is 0. The molecule has 0 aliphatic rings. The van der Waals surface area contributed by atoms with Crippen molar-refractivity contribution in [2.24, 2.45) is 7.05 Å². The van der Waals surface area contributed by atoms with Gasteiger partial charge in [0.2, 0.25) is 0 Å². The number of hydrogen-bond donors (Lipinski definition) is 0. The Kier molecular flexibility index (Phi) is 6.95. The Morgan fingerprint density at radius 3 is 2.35 bits per heavy atom. The van der Waals surface area contributed by atoms with Crippen LogP contribution in [0.3, 0.4) is 0 Å². The minimum atomic E-state index is -0.548. The van der Waals surface area contributed by atoms with E-state index in [0.717, 1.165) is 12.1 Å². The number of fused-ring (bicyclic) bond motifs is 1. The Balaban J connectivity index is 2.25. The number of Topliss-reactive ketones (excluding diaryl/α,β-unsaturated/α-hetero) is 1. The number of carbonyl (C=O) groups is 2. The predicted octanol–water partition coefficient (Wildman–Crippen LogP) is 3.75. The molecule has 2 aromatic heterocycles. The van der Waals surface area contributed by atoms with Gasteiger partial charge in [0, 0.05) is 18.3 Å². The summed E-state index contributed by atoms with van der Waals surface area (Å²) in [7, 11) is 1.71. The molecule has 31 heavy (non-hydrogen) atoms. The Bertz CT molecular complexity index is 1160. The van der Waals surface area contributed by atoms with Crippen molar-refractivity contribution < 1.29 is 19.1 Å². The number of aromatic nitrogens is 2. The number of aryl methyl sites for hydroxylation is 2. The van der Waals surface area contributed by atoms with Crippen molar-refractivity contribution in [3.63, 3.8) is 0 Å². The molecule has 7 heteroatoms. The van der Waals surface area contributed by atoms with Gasteiger partial charge in [0.05, 0.1) is 25.3 Å². The van der Waals surface area contributed by atoms with Crippen molar-refractivity contribution in [2.45, 2.75) is 40.2 Å². The standard InChI is InChI=1S/C24H28N2O5/c1-5-11-17-14-18-20(22(30-6-2)21(25(18)4)24(29)31-7-3)23(28)26(17)15-19(27)16-12-9-8-10-13-16/h8-10,12-14H,5-7,11,15H2,1-4H3. The Labute approximate surface area is 181 Å². The fourth-order valence-corrected chi connectivity index (χ4v) is 3.76. The predicted molar refractivity (Wildman–Crippen MR) is 119 cm³/mol. The fourth-order valence-electron chi connectivity index (χ4n) is 3.76. The van der Waals surface area contributed by atoms with E-state index in [-0.39, 0.29) is 47.9 Å². The van der Waals surface area contributed by atoms with Crippen molar-refractivity contribution in [3.8, 4) is 5.75 Å². The smallest absolute Gasteiger partial charge is 0.358 e. The van der Waals surface area contributed by atoms with Gasteiger partial charge in [-0.05, 0) is 26.3 Å². The number of ketones is 1. The lowest BCUT2D eigenvalue weighted by Crippen LogP contribution is -2.27. The van der Waals surface area contributed by atoms with E-state index in [2.05, 4.69) is 0 Å². The molecule has 3 rings (SSSR count). The first-order valence-electron chi connectivity index (χ1n) is 10.6. The molecule has 0 atom stereocenters. The van der Waals surface area contributed by atoms with Crippen LogP contribution >= 0.6 is 0 Å². The van der Waals surface area contributed by atoms with Gasteiger partial charge in [-0.1, -0.05) is 43.7 Å². The normalized spacial score (nSPS) is 11.0. The van der Waals surface area contributed by atoms with Crippen LogP contribution in [-0.2, 0) is 24.8 Å². The molecular weight excluding hydrogens is 396 g/mol. The molecule has 164 valence electrons. The number of esters is 1. The summed E-state index contributed by atoms with van der Waals surface area (Å²) < 4.78 is 14.1. The quantitative estimate of drug-likeness (QED) is 0.386. The maximum absolute atomic E-state index is 13.6. The zero-order valence-electron chi connectivity index (χ0n) is 18.4. The zero-order chi connectivity index (χ0) is 22.5. The highest BCUT2D eigenvalue weighted by Crippen LogP contribution is 2.32. The van der Waals surface area contributed by atoms with Crippen LogP contribution < -0.4 is 10.3 Å². The second kappa shape index (κ2) is 9.64. The summed E-state index contributed by atoms with van der Waals surface area (Å²) in [4.78, 5) is 39.1. The summed E-state index contributed by atoms with van der Waals surface area (Å²) in [5.41, 5.74) is 1.72. The molecule has 7 nitrogen and oxygen atoms in total. The third-order valence-electron chi connectivity index (χ3n) is 5.17. The number of nitrogens with zero attached hydrogens (tertiary/aromatic N) is 2. The lowest BCUT2D eigenvalue weighted by molar-refractivity contribution is 0.0511. The molecule has 0 saturated carbocycles. The molecular formula is C24H28N2O5. The van der Waals surface area contributed by atoms with E-state index in [1.165, 1.54) is 4.57 Å². The third-order valence-corrected chi connectivity index (χ3v) is 5.17. The van der Waals surface area contributed by atoms with Gasteiger partial charge < -0.3 is 18.6 Å². The van der Waals surface area contributed by atoms with Crippen LogP contribution in [0.5, 0.6) is 5.75 Å². The van der Waals surface area contributed by atoms with Crippen LogP contribution in [0.15, 0.2) is 41.2 Å². The average Bonchev–Trinajstić information content (AvgIpc) is 3.03. The minimum absolute atomic E-state index is 0.0800. The van der Waals surface area contributed by atoms with Crippen LogP contribution in [0, 0.1) is 0 Å². The van der Waals surface area contributed by atoms with Crippen LogP contribution in [0.1, 0.15) is 53.7 Å². The van der Waals surface area contributed by atoms with E-state index in [4.69, 9.17) is 9.47 Å². The summed E-state index contributed by atoms with van der Waals surface area (Å²) in [5, 5.41) is 0.285. The van der Waals surface area contributed by atoms with E-state index in [9.17, 15) is 14.4 Å². The average molecular weight is 424 g/mol. The largest absolute Gasteiger partial charge is 0.490 e. The van der Waals surface area contributed by atoms with Crippen molar-refractivity contribution in [2.75, 3.05) is 13.2 Å². The molecule has 0 bridgehead atoms. The molecule has 0 aliphatic carbocycles. The lowest BCUT2D eigenvalue weighted by Gasteiger charge is -2.13. The topological polar surface area (TPSA) is 79.5 Å². The number of carbonyl (C=O) groups excluding carboxylic acids is 2. The van der Waals surface area contributed by atoms with E-state index in [0.29, 0.717) is 17.5 Å². The van der Waals surface area contributed by atoms with E-state index in [1.54, 1.807) is 49.7 Å². The molecule has 0 N–H and O–H groups in total. The number of benzene rings is 1. The number of pyridine rings is 1. The molecule has 0 aliphatic heterocycles. The van der Waals surface area contributed by atoms with Gasteiger partial charge in [-0.25, -0.2) is 4.79 Å². The monoisotopic (exact) mass is 424 g/mol. The zero-order valence-corrected chi connectivity index (χ0v) is 18.4. The van der Waals surface area contributed by atoms with Gasteiger partial charge in [0.25, 0.3) is 5.56 Å². The molecule has 0 fully saturated rings. The SMILES string of the molecule is CCCc1cc2c(c(OCC)c(C(=O)OCC)n2C)c(=O)n1CC(=O)c1ccccc1. The van der Waals surface area contributed by atoms with Gasteiger partial charge in [0.1, 0.15) is 5.39 Å². The maximum atomic E-state index is 13.6. The van der Waals surface area contributed by atoms with E-state index >= 15 is 0 Å². The fraction of sp³-hybridized carbons (Fsp3) is 0.375. The molecule has 1 aromatic carbocycles. The van der Waals surface area contributed by atoms with Gasteiger partial charge in [0.15, 0.2) is 17.2 Å². The van der Waals surface area contributed by atoms with E-state index in [1.807, 2.05) is 19.1 Å². The summed E-state index contributed by atoms with van der Waals surface area (Å²) in [6.07, 6.45) is 1.43. The minimum Gasteiger partial charge on any atom is -0.490 e. The van der Waals surface area contributed by atoms with Gasteiger partial charge in [-0.15, -0.1) is 0 Å². The van der Waals surface area contributed by atoms with Crippen molar-refractivity contribution in [1.29, 1.82) is 0 Å². The molecule has 3 aromatic rings. The van der Waals surface area contributed by atoms with Crippen molar-refractivity contribution >= 4 is 22.7 Å². The second-order valence-electron chi connectivity index (χ2n) is 7.22. The number of ether oxygens (including phenoxy) is 2. The van der Waals surface area contributed by atoms with Crippen molar-refractivity contribution in [1.82, 2.24) is 9.13 Å². The Morgan fingerprint density at radius 1 is 1.03 bits per heavy atom. The van der Waals surface area contributed by atoms with Crippen LogP contribution in [-0.4, -0.2) is 34.1 Å². The highest BCUT2D eigenvalue weighted by molar-refractivity contribution is 6.02. The van der Waals surface area contributed by atoms with Gasteiger partial charge >= 0.3 is 5.97 Å². The highest BCUT2D eigenvalue weighted by atomic mass is 16.5. The van der Waals surface area contributed by atoms with Crippen LogP contribution in [0.2, 0.25) is 0 Å². The molecule has 0 spiro atoms. The van der Waals surface area contributed by atoms with Crippen LogP contribution in [0.4, 0.5) is 0 Å². The second-order valence-corrected chi connectivity index (χ2v) is 7.22. The summed E-state index contributed by atoms with van der Waals surface area (Å²) in [5.74, 6) is -0.501. The molecule has 0 saturated heterocycles.